The predicted octanol–water partition coefficient (Wildman–Crippen LogP) is 2.71. The smallest absolute Gasteiger partial charge is 0.236 e. The molecule has 0 aliphatic carbocycles. The largest absolute Gasteiger partial charge is 0.358 e. The van der Waals surface area contributed by atoms with Crippen LogP contribution in [0.2, 0.25) is 0 Å². The van der Waals surface area contributed by atoms with Crippen LogP contribution in [-0.2, 0) is 4.79 Å². The molecule has 3 heteroatoms. The first-order chi connectivity index (χ1) is 8.04. The zero-order chi connectivity index (χ0) is 13.3. The van der Waals surface area contributed by atoms with Crippen molar-refractivity contribution >= 4 is 5.91 Å². The molecule has 2 N–H and O–H groups in total. The van der Waals surface area contributed by atoms with Gasteiger partial charge >= 0.3 is 0 Å². The average molecular weight is 242 g/mol. The molecule has 1 atom stereocenters. The highest BCUT2D eigenvalue weighted by atomic mass is 16.2. The molecule has 0 bridgehead atoms. The molecule has 0 radical (unpaired) electrons. The summed E-state index contributed by atoms with van der Waals surface area (Å²) in [6.07, 6.45) is 5.54. The lowest BCUT2D eigenvalue weighted by atomic mass is 9.99. The van der Waals surface area contributed by atoms with Gasteiger partial charge in [0, 0.05) is 13.1 Å². The quantitative estimate of drug-likeness (QED) is 0.653. The van der Waals surface area contributed by atoms with Gasteiger partial charge < -0.3 is 10.6 Å². The van der Waals surface area contributed by atoms with Crippen LogP contribution in [0.25, 0.3) is 0 Å². The highest BCUT2D eigenvalue weighted by Crippen LogP contribution is 2.10. The number of likely N-dealkylation sites (N-methyl/N-ethyl adjacent to an activating group) is 1. The maximum Gasteiger partial charge on any atom is 0.236 e. The predicted molar refractivity (Wildman–Crippen MR) is 74.0 cm³/mol. The minimum Gasteiger partial charge on any atom is -0.358 e. The lowest BCUT2D eigenvalue weighted by Gasteiger charge is -2.25. The fraction of sp³-hybridized carbons (Fsp3) is 0.929. The van der Waals surface area contributed by atoms with Crippen LogP contribution in [0.4, 0.5) is 0 Å². The van der Waals surface area contributed by atoms with Crippen molar-refractivity contribution in [2.75, 3.05) is 7.05 Å². The Morgan fingerprint density at radius 3 is 2.00 bits per heavy atom. The maximum atomic E-state index is 11.8. The highest BCUT2D eigenvalue weighted by molar-refractivity contribution is 5.81. The van der Waals surface area contributed by atoms with Crippen LogP contribution in [0, 0.1) is 5.92 Å². The summed E-state index contributed by atoms with van der Waals surface area (Å²) in [4.78, 5) is 11.8. The van der Waals surface area contributed by atoms with Crippen LogP contribution in [0.15, 0.2) is 0 Å². The monoisotopic (exact) mass is 242 g/mol. The van der Waals surface area contributed by atoms with E-state index in [4.69, 9.17) is 0 Å². The van der Waals surface area contributed by atoms with Gasteiger partial charge in [0.1, 0.15) is 0 Å². The second-order valence-corrected chi connectivity index (χ2v) is 5.24. The molecule has 17 heavy (non-hydrogen) atoms. The number of nitrogens with one attached hydrogen (secondary N) is 2. The van der Waals surface area contributed by atoms with E-state index in [1.165, 1.54) is 12.8 Å². The third-order valence-corrected chi connectivity index (χ3v) is 2.98. The second-order valence-electron chi connectivity index (χ2n) is 5.24. The van der Waals surface area contributed by atoms with E-state index < -0.39 is 0 Å². The Morgan fingerprint density at radius 2 is 1.65 bits per heavy atom. The van der Waals surface area contributed by atoms with Crippen molar-refractivity contribution in [2.45, 2.75) is 71.9 Å². The molecule has 0 saturated carbocycles. The summed E-state index contributed by atoms with van der Waals surface area (Å²) in [7, 11) is 1.71. The number of carbonyl (C=O) groups excluding carboxylic acids is 1. The van der Waals surface area contributed by atoms with E-state index in [0.717, 1.165) is 19.3 Å². The molecule has 102 valence electrons. The minimum atomic E-state index is -0.0388. The number of hydrogen-bond acceptors (Lipinski definition) is 2. The lowest BCUT2D eigenvalue weighted by Crippen LogP contribution is -2.48. The number of carbonyl (C=O) groups is 1. The SMILES string of the molecule is CCCC(CCC)NC(CC(C)C)C(=O)NC. The average Bonchev–Trinajstić information content (AvgIpc) is 2.27. The second kappa shape index (κ2) is 9.46. The molecule has 0 aromatic carbocycles. The molecule has 0 saturated heterocycles. The molecule has 0 aromatic rings. The fourth-order valence-corrected chi connectivity index (χ4v) is 2.19. The van der Waals surface area contributed by atoms with Crippen molar-refractivity contribution < 1.29 is 4.79 Å². The van der Waals surface area contributed by atoms with Crippen molar-refractivity contribution in [3.05, 3.63) is 0 Å². The molecular weight excluding hydrogens is 212 g/mol. The van der Waals surface area contributed by atoms with Gasteiger partial charge in [-0.15, -0.1) is 0 Å². The van der Waals surface area contributed by atoms with Gasteiger partial charge in [0.25, 0.3) is 0 Å². The highest BCUT2D eigenvalue weighted by Gasteiger charge is 2.21. The molecular formula is C14H30N2O. The molecule has 0 rings (SSSR count). The lowest BCUT2D eigenvalue weighted by molar-refractivity contribution is -0.123. The molecule has 0 fully saturated rings. The maximum absolute atomic E-state index is 11.8. The Bertz CT molecular complexity index is 198. The van der Waals surface area contributed by atoms with Gasteiger partial charge in [0.2, 0.25) is 5.91 Å². The minimum absolute atomic E-state index is 0.0388. The molecule has 0 heterocycles. The Kier molecular flexibility index (Phi) is 9.14. The summed E-state index contributed by atoms with van der Waals surface area (Å²) in [5, 5.41) is 6.28. The Hall–Kier alpha value is -0.570. The van der Waals surface area contributed by atoms with E-state index in [9.17, 15) is 4.79 Å². The Labute approximate surface area is 107 Å². The van der Waals surface area contributed by atoms with E-state index in [1.807, 2.05) is 0 Å². The Morgan fingerprint density at radius 1 is 1.12 bits per heavy atom. The van der Waals surface area contributed by atoms with Crippen LogP contribution >= 0.6 is 0 Å². The fourth-order valence-electron chi connectivity index (χ4n) is 2.19. The van der Waals surface area contributed by atoms with E-state index in [-0.39, 0.29) is 11.9 Å². The van der Waals surface area contributed by atoms with Crippen LogP contribution < -0.4 is 10.6 Å². The van der Waals surface area contributed by atoms with Crippen molar-refractivity contribution in [3.63, 3.8) is 0 Å². The number of hydrogen-bond donors (Lipinski definition) is 2. The van der Waals surface area contributed by atoms with Crippen molar-refractivity contribution in [1.82, 2.24) is 10.6 Å². The van der Waals surface area contributed by atoms with Gasteiger partial charge in [-0.25, -0.2) is 0 Å². The van der Waals surface area contributed by atoms with Gasteiger partial charge in [0.05, 0.1) is 6.04 Å². The standard InChI is InChI=1S/C14H30N2O/c1-6-8-12(9-7-2)16-13(10-11(3)4)14(17)15-5/h11-13,16H,6-10H2,1-5H3,(H,15,17). The summed E-state index contributed by atoms with van der Waals surface area (Å²) in [5.74, 6) is 0.657. The molecule has 0 aliphatic heterocycles. The van der Waals surface area contributed by atoms with Gasteiger partial charge in [0.15, 0.2) is 0 Å². The van der Waals surface area contributed by atoms with Crippen LogP contribution in [-0.4, -0.2) is 25.0 Å². The van der Waals surface area contributed by atoms with Gasteiger partial charge in [-0.1, -0.05) is 40.5 Å². The zero-order valence-electron chi connectivity index (χ0n) is 12.2. The molecule has 0 spiro atoms. The molecule has 3 nitrogen and oxygen atoms in total. The van der Waals surface area contributed by atoms with Crippen LogP contribution in [0.5, 0.6) is 0 Å². The molecule has 1 amide bonds. The first-order valence-corrected chi connectivity index (χ1v) is 7.02. The Balaban J connectivity index is 4.40. The van der Waals surface area contributed by atoms with E-state index in [2.05, 4.69) is 38.3 Å². The topological polar surface area (TPSA) is 41.1 Å². The number of amides is 1. The third-order valence-electron chi connectivity index (χ3n) is 2.98. The summed E-state index contributed by atoms with van der Waals surface area (Å²) in [5.41, 5.74) is 0. The summed E-state index contributed by atoms with van der Waals surface area (Å²) >= 11 is 0. The number of rotatable bonds is 9. The van der Waals surface area contributed by atoms with Crippen molar-refractivity contribution in [1.29, 1.82) is 0 Å². The first-order valence-electron chi connectivity index (χ1n) is 7.02. The van der Waals surface area contributed by atoms with Crippen LogP contribution in [0.1, 0.15) is 59.8 Å². The normalized spacial score (nSPS) is 13.1. The molecule has 0 aliphatic rings. The van der Waals surface area contributed by atoms with E-state index >= 15 is 0 Å². The molecule has 0 aromatic heterocycles. The summed E-state index contributed by atoms with van der Waals surface area (Å²) < 4.78 is 0. The van der Waals surface area contributed by atoms with Crippen molar-refractivity contribution in [3.8, 4) is 0 Å². The van der Waals surface area contributed by atoms with E-state index in [1.54, 1.807) is 7.05 Å². The van der Waals surface area contributed by atoms with Crippen molar-refractivity contribution in [2.24, 2.45) is 5.92 Å². The van der Waals surface area contributed by atoms with Gasteiger partial charge in [-0.2, -0.15) is 0 Å². The summed E-state index contributed by atoms with van der Waals surface area (Å²) in [6, 6.07) is 0.439. The van der Waals surface area contributed by atoms with Gasteiger partial charge in [-0.3, -0.25) is 4.79 Å². The summed E-state index contributed by atoms with van der Waals surface area (Å²) in [6.45, 7) is 8.71. The first kappa shape index (κ1) is 16.4. The van der Waals surface area contributed by atoms with Crippen LogP contribution in [0.3, 0.4) is 0 Å². The van der Waals surface area contributed by atoms with E-state index in [0.29, 0.717) is 12.0 Å². The molecule has 1 unspecified atom stereocenters. The zero-order valence-corrected chi connectivity index (χ0v) is 12.2. The van der Waals surface area contributed by atoms with Gasteiger partial charge in [-0.05, 0) is 25.2 Å². The third kappa shape index (κ3) is 7.37.